The second kappa shape index (κ2) is 10.9. The number of benzene rings is 1. The molecule has 0 bridgehead atoms. The number of esters is 1. The van der Waals surface area contributed by atoms with Crippen LogP contribution in [-0.2, 0) is 30.8 Å². The minimum Gasteiger partial charge on any atom is -0.456 e. The normalized spacial score (nSPS) is 16.0. The molecule has 1 saturated heterocycles. The number of carbonyl (C=O) groups excluding carboxylic acids is 2. The van der Waals surface area contributed by atoms with E-state index in [1.165, 1.54) is 0 Å². The third-order valence-electron chi connectivity index (χ3n) is 5.47. The van der Waals surface area contributed by atoms with Crippen molar-refractivity contribution in [1.29, 1.82) is 0 Å². The second-order valence-corrected chi connectivity index (χ2v) is 10.3. The van der Waals surface area contributed by atoms with E-state index < -0.39 is 16.0 Å². The molecule has 0 aromatic heterocycles. The predicted molar refractivity (Wildman–Crippen MR) is 115 cm³/mol. The number of carbonyl (C=O) groups is 2. The predicted octanol–water partition coefficient (Wildman–Crippen LogP) is 3.03. The average Bonchev–Trinajstić information content (AvgIpc) is 3.01. The molecule has 168 valence electrons. The highest BCUT2D eigenvalue weighted by atomic mass is 32.2. The van der Waals surface area contributed by atoms with E-state index in [9.17, 15) is 18.0 Å². The highest BCUT2D eigenvalue weighted by Gasteiger charge is 2.25. The Morgan fingerprint density at radius 1 is 1.07 bits per heavy atom. The van der Waals surface area contributed by atoms with Crippen LogP contribution in [0.1, 0.15) is 64.9 Å². The number of amides is 1. The zero-order valence-electron chi connectivity index (χ0n) is 18.3. The molecule has 1 amide bonds. The highest BCUT2D eigenvalue weighted by molar-refractivity contribution is 7.89. The van der Waals surface area contributed by atoms with Gasteiger partial charge in [0, 0.05) is 25.0 Å². The van der Waals surface area contributed by atoms with Crippen molar-refractivity contribution in [2.24, 2.45) is 0 Å². The van der Waals surface area contributed by atoms with Gasteiger partial charge in [-0.25, -0.2) is 8.42 Å². The summed E-state index contributed by atoms with van der Waals surface area (Å²) < 4.78 is 32.2. The minimum absolute atomic E-state index is 0.128. The van der Waals surface area contributed by atoms with Gasteiger partial charge >= 0.3 is 5.97 Å². The van der Waals surface area contributed by atoms with E-state index in [2.05, 4.69) is 5.32 Å². The third kappa shape index (κ3) is 7.40. The zero-order chi connectivity index (χ0) is 22.2. The molecule has 7 nitrogen and oxygen atoms in total. The van der Waals surface area contributed by atoms with Crippen LogP contribution in [0.25, 0.3) is 0 Å². The summed E-state index contributed by atoms with van der Waals surface area (Å²) in [4.78, 5) is 24.0. The summed E-state index contributed by atoms with van der Waals surface area (Å²) in [5.74, 6) is -0.779. The Morgan fingerprint density at radius 3 is 2.23 bits per heavy atom. The van der Waals surface area contributed by atoms with E-state index in [1.54, 1.807) is 28.6 Å². The topological polar surface area (TPSA) is 92.8 Å². The molecule has 1 aliphatic rings. The van der Waals surface area contributed by atoms with Crippen molar-refractivity contribution in [2.45, 2.75) is 76.2 Å². The standard InChI is InChI=1S/C22H34N2O5S/c1-4-22(2,3)23-20(25)17-29-21(26)14-11-18-9-12-19(13-10-18)30(27,28)24-15-7-5-6-8-16-24/h9-10,12-13H,4-8,11,14-17H2,1-3H3,(H,23,25). The Morgan fingerprint density at radius 2 is 1.67 bits per heavy atom. The molecule has 0 aliphatic carbocycles. The van der Waals surface area contributed by atoms with Crippen molar-refractivity contribution in [3.63, 3.8) is 0 Å². The van der Waals surface area contributed by atoms with Crippen molar-refractivity contribution < 1.29 is 22.7 Å². The van der Waals surface area contributed by atoms with Crippen LogP contribution in [-0.4, -0.2) is 49.8 Å². The minimum atomic E-state index is -3.47. The van der Waals surface area contributed by atoms with Gasteiger partial charge in [0.15, 0.2) is 6.61 Å². The number of rotatable bonds is 9. The largest absolute Gasteiger partial charge is 0.456 e. The Labute approximate surface area is 180 Å². The monoisotopic (exact) mass is 438 g/mol. The van der Waals surface area contributed by atoms with Crippen LogP contribution < -0.4 is 5.32 Å². The van der Waals surface area contributed by atoms with Crippen LogP contribution in [0.4, 0.5) is 0 Å². The van der Waals surface area contributed by atoms with Gasteiger partial charge in [0.05, 0.1) is 4.90 Å². The lowest BCUT2D eigenvalue weighted by Crippen LogP contribution is -2.44. The summed E-state index contributed by atoms with van der Waals surface area (Å²) in [6.45, 7) is 6.62. The number of sulfonamides is 1. The molecule has 1 aromatic rings. The summed E-state index contributed by atoms with van der Waals surface area (Å²) in [6, 6.07) is 6.66. The fourth-order valence-electron chi connectivity index (χ4n) is 3.23. The third-order valence-corrected chi connectivity index (χ3v) is 7.38. The maximum Gasteiger partial charge on any atom is 0.306 e. The molecule has 2 rings (SSSR count). The van der Waals surface area contributed by atoms with Gasteiger partial charge in [0.25, 0.3) is 5.91 Å². The summed E-state index contributed by atoms with van der Waals surface area (Å²) in [5.41, 5.74) is 0.511. The quantitative estimate of drug-likeness (QED) is 0.598. The maximum absolute atomic E-state index is 12.8. The second-order valence-electron chi connectivity index (χ2n) is 8.41. The molecule has 1 heterocycles. The SMILES string of the molecule is CCC(C)(C)NC(=O)COC(=O)CCc1ccc(S(=O)(=O)N2CCCCCC2)cc1. The van der Waals surface area contributed by atoms with Crippen LogP contribution in [0.15, 0.2) is 29.2 Å². The van der Waals surface area contributed by atoms with Gasteiger partial charge in [-0.15, -0.1) is 0 Å². The lowest BCUT2D eigenvalue weighted by Gasteiger charge is -2.24. The van der Waals surface area contributed by atoms with Crippen molar-refractivity contribution in [1.82, 2.24) is 9.62 Å². The lowest BCUT2D eigenvalue weighted by molar-refractivity contribution is -0.149. The number of ether oxygens (including phenoxy) is 1. The number of aryl methyl sites for hydroxylation is 1. The van der Waals surface area contributed by atoms with Crippen molar-refractivity contribution in [3.8, 4) is 0 Å². The van der Waals surface area contributed by atoms with Crippen molar-refractivity contribution in [2.75, 3.05) is 19.7 Å². The lowest BCUT2D eigenvalue weighted by atomic mass is 10.0. The van der Waals surface area contributed by atoms with Gasteiger partial charge in [-0.3, -0.25) is 9.59 Å². The van der Waals surface area contributed by atoms with Crippen LogP contribution in [0.5, 0.6) is 0 Å². The van der Waals surface area contributed by atoms with Gasteiger partial charge in [0.2, 0.25) is 10.0 Å². The van der Waals surface area contributed by atoms with E-state index in [4.69, 9.17) is 4.74 Å². The van der Waals surface area contributed by atoms with E-state index in [-0.39, 0.29) is 29.4 Å². The summed E-state index contributed by atoms with van der Waals surface area (Å²) in [6.07, 6.45) is 5.25. The Bertz CT molecular complexity index is 810. The molecular weight excluding hydrogens is 404 g/mol. The summed E-state index contributed by atoms with van der Waals surface area (Å²) in [7, 11) is -3.47. The smallest absolute Gasteiger partial charge is 0.306 e. The first kappa shape index (κ1) is 24.3. The summed E-state index contributed by atoms with van der Waals surface area (Å²) >= 11 is 0. The number of nitrogens with zero attached hydrogens (tertiary/aromatic N) is 1. The molecule has 0 atom stereocenters. The van der Waals surface area contributed by atoms with Crippen LogP contribution in [0.2, 0.25) is 0 Å². The average molecular weight is 439 g/mol. The first-order valence-electron chi connectivity index (χ1n) is 10.7. The molecule has 1 aliphatic heterocycles. The molecule has 0 unspecified atom stereocenters. The molecule has 1 N–H and O–H groups in total. The number of nitrogens with one attached hydrogen (secondary N) is 1. The van der Waals surface area contributed by atoms with Gasteiger partial charge in [-0.2, -0.15) is 4.31 Å². The highest BCUT2D eigenvalue weighted by Crippen LogP contribution is 2.21. The molecule has 30 heavy (non-hydrogen) atoms. The number of hydrogen-bond donors (Lipinski definition) is 1. The van der Waals surface area contributed by atoms with Gasteiger partial charge in [0.1, 0.15) is 0 Å². The van der Waals surface area contributed by atoms with Gasteiger partial charge in [-0.05, 0) is 57.2 Å². The van der Waals surface area contributed by atoms with Crippen LogP contribution in [0, 0.1) is 0 Å². The van der Waals surface area contributed by atoms with E-state index in [0.29, 0.717) is 19.5 Å². The molecule has 0 radical (unpaired) electrons. The van der Waals surface area contributed by atoms with Crippen LogP contribution in [0.3, 0.4) is 0 Å². The Kier molecular flexibility index (Phi) is 8.85. The van der Waals surface area contributed by atoms with Gasteiger partial charge in [-0.1, -0.05) is 31.9 Å². The van der Waals surface area contributed by atoms with E-state index in [0.717, 1.165) is 37.7 Å². The molecule has 1 fully saturated rings. The van der Waals surface area contributed by atoms with Crippen molar-refractivity contribution in [3.05, 3.63) is 29.8 Å². The van der Waals surface area contributed by atoms with E-state index in [1.807, 2.05) is 20.8 Å². The molecule has 0 saturated carbocycles. The molecule has 1 aromatic carbocycles. The van der Waals surface area contributed by atoms with Gasteiger partial charge < -0.3 is 10.1 Å². The maximum atomic E-state index is 12.8. The fraction of sp³-hybridized carbons (Fsp3) is 0.636. The Hall–Kier alpha value is -1.93. The van der Waals surface area contributed by atoms with Crippen molar-refractivity contribution >= 4 is 21.9 Å². The molecule has 0 spiro atoms. The fourth-order valence-corrected chi connectivity index (χ4v) is 4.74. The first-order valence-corrected chi connectivity index (χ1v) is 12.1. The molecular formula is C22H34N2O5S. The zero-order valence-corrected chi connectivity index (χ0v) is 19.1. The molecule has 8 heteroatoms. The Balaban J connectivity index is 1.83. The van der Waals surface area contributed by atoms with Crippen LogP contribution >= 0.6 is 0 Å². The van der Waals surface area contributed by atoms with E-state index >= 15 is 0 Å². The number of hydrogen-bond acceptors (Lipinski definition) is 5. The first-order chi connectivity index (χ1) is 14.1. The summed E-state index contributed by atoms with van der Waals surface area (Å²) in [5, 5.41) is 2.81.